The summed E-state index contributed by atoms with van der Waals surface area (Å²) in [6.45, 7) is 0. The minimum atomic E-state index is -3.78. The highest BCUT2D eigenvalue weighted by Crippen LogP contribution is 2.36. The number of phenolic OH excluding ortho intramolecular Hbond substituents is 1. The molecule has 0 amide bonds. The van der Waals surface area contributed by atoms with Gasteiger partial charge in [0.05, 0.1) is 19.1 Å². The molecular weight excluding hydrogens is 306 g/mol. The van der Waals surface area contributed by atoms with Crippen molar-refractivity contribution in [2.24, 2.45) is 4.40 Å². The van der Waals surface area contributed by atoms with E-state index < -0.39 is 10.0 Å². The predicted molar refractivity (Wildman–Crippen MR) is 82.4 cm³/mol. The fourth-order valence-corrected chi connectivity index (χ4v) is 2.66. The molecule has 0 aliphatic carbocycles. The molecule has 0 fully saturated rings. The summed E-state index contributed by atoms with van der Waals surface area (Å²) in [5, 5.41) is 9.81. The third-order valence-electron chi connectivity index (χ3n) is 2.88. The Morgan fingerprint density at radius 2 is 1.59 bits per heavy atom. The van der Waals surface area contributed by atoms with Gasteiger partial charge in [-0.05, 0) is 24.3 Å². The summed E-state index contributed by atoms with van der Waals surface area (Å²) in [5.41, 5.74) is 0.422. The van der Waals surface area contributed by atoms with Crippen molar-refractivity contribution in [3.05, 3.63) is 48.0 Å². The van der Waals surface area contributed by atoms with Gasteiger partial charge in [-0.3, -0.25) is 0 Å². The van der Waals surface area contributed by atoms with Crippen LogP contribution in [0.4, 0.5) is 0 Å². The number of methoxy groups -OCH3 is 2. The molecule has 2 rings (SSSR count). The van der Waals surface area contributed by atoms with E-state index in [9.17, 15) is 13.5 Å². The van der Waals surface area contributed by atoms with Crippen molar-refractivity contribution in [2.75, 3.05) is 14.2 Å². The van der Waals surface area contributed by atoms with Crippen LogP contribution in [0, 0.1) is 0 Å². The molecule has 0 aliphatic heterocycles. The molecule has 2 aromatic rings. The van der Waals surface area contributed by atoms with Gasteiger partial charge in [-0.25, -0.2) is 0 Å². The summed E-state index contributed by atoms with van der Waals surface area (Å²) in [7, 11) is -1.01. The van der Waals surface area contributed by atoms with Gasteiger partial charge in [0.2, 0.25) is 5.75 Å². The molecule has 1 N–H and O–H groups in total. The molecule has 2 aromatic carbocycles. The van der Waals surface area contributed by atoms with Gasteiger partial charge >= 0.3 is 0 Å². The van der Waals surface area contributed by atoms with Crippen molar-refractivity contribution in [2.45, 2.75) is 4.90 Å². The number of nitrogens with zero attached hydrogens (tertiary/aromatic N) is 1. The van der Waals surface area contributed by atoms with Crippen LogP contribution >= 0.6 is 0 Å². The van der Waals surface area contributed by atoms with Crippen LogP contribution in [-0.4, -0.2) is 34.0 Å². The van der Waals surface area contributed by atoms with Crippen LogP contribution in [0.15, 0.2) is 51.8 Å². The fraction of sp³-hybridized carbons (Fsp3) is 0.133. The summed E-state index contributed by atoms with van der Waals surface area (Å²) in [6, 6.07) is 10.8. The summed E-state index contributed by atoms with van der Waals surface area (Å²) >= 11 is 0. The monoisotopic (exact) mass is 321 g/mol. The van der Waals surface area contributed by atoms with Crippen LogP contribution in [0.25, 0.3) is 0 Å². The largest absolute Gasteiger partial charge is 0.502 e. The van der Waals surface area contributed by atoms with E-state index in [1.807, 2.05) is 0 Å². The second-order valence-corrected chi connectivity index (χ2v) is 5.93. The zero-order valence-electron chi connectivity index (χ0n) is 12.1. The van der Waals surface area contributed by atoms with Crippen LogP contribution in [0.3, 0.4) is 0 Å². The van der Waals surface area contributed by atoms with E-state index in [1.165, 1.54) is 44.7 Å². The van der Waals surface area contributed by atoms with E-state index >= 15 is 0 Å². The van der Waals surface area contributed by atoms with E-state index in [4.69, 9.17) is 9.47 Å². The maximum atomic E-state index is 12.1. The highest BCUT2D eigenvalue weighted by molar-refractivity contribution is 7.90. The van der Waals surface area contributed by atoms with Crippen molar-refractivity contribution in [1.29, 1.82) is 0 Å². The minimum absolute atomic E-state index is 0.101. The molecule has 0 saturated carbocycles. The number of ether oxygens (including phenoxy) is 2. The van der Waals surface area contributed by atoms with Gasteiger partial charge in [0, 0.05) is 11.8 Å². The van der Waals surface area contributed by atoms with Crippen molar-refractivity contribution in [3.8, 4) is 17.2 Å². The maximum Gasteiger partial charge on any atom is 0.282 e. The number of phenols is 1. The number of aromatic hydroxyl groups is 1. The predicted octanol–water partition coefficient (Wildman–Crippen LogP) is 2.22. The summed E-state index contributed by atoms with van der Waals surface area (Å²) in [6.07, 6.45) is 1.17. The summed E-state index contributed by atoms with van der Waals surface area (Å²) in [4.78, 5) is 0.101. The Labute approximate surface area is 128 Å². The van der Waals surface area contributed by atoms with E-state index in [0.29, 0.717) is 5.56 Å². The first-order valence-corrected chi connectivity index (χ1v) is 7.72. The smallest absolute Gasteiger partial charge is 0.282 e. The average molecular weight is 321 g/mol. The Bertz CT molecular complexity index is 760. The lowest BCUT2D eigenvalue weighted by atomic mass is 10.2. The number of rotatable bonds is 5. The summed E-state index contributed by atoms with van der Waals surface area (Å²) in [5.74, 6) is 0.170. The topological polar surface area (TPSA) is 85.2 Å². The SMILES string of the molecule is COc1cc(/C=N/S(=O)(=O)c2ccccc2)cc(OC)c1O. The maximum absolute atomic E-state index is 12.1. The van der Waals surface area contributed by atoms with Crippen LogP contribution < -0.4 is 9.47 Å². The first-order chi connectivity index (χ1) is 10.5. The molecule has 7 heteroatoms. The number of benzene rings is 2. The molecule has 6 nitrogen and oxygen atoms in total. The van der Waals surface area contributed by atoms with Gasteiger partial charge in [-0.2, -0.15) is 12.8 Å². The van der Waals surface area contributed by atoms with Crippen LogP contribution in [0.5, 0.6) is 17.2 Å². The van der Waals surface area contributed by atoms with Gasteiger partial charge in [0.1, 0.15) is 0 Å². The molecule has 0 aromatic heterocycles. The first kappa shape index (κ1) is 15.8. The third-order valence-corrected chi connectivity index (χ3v) is 4.13. The molecule has 0 unspecified atom stereocenters. The van der Waals surface area contributed by atoms with Crippen molar-refractivity contribution < 1.29 is 23.0 Å². The van der Waals surface area contributed by atoms with Gasteiger partial charge < -0.3 is 14.6 Å². The van der Waals surface area contributed by atoms with Crippen molar-refractivity contribution in [1.82, 2.24) is 0 Å². The molecule has 22 heavy (non-hydrogen) atoms. The zero-order chi connectivity index (χ0) is 16.2. The normalized spacial score (nSPS) is 11.5. The standard InChI is InChI=1S/C15H15NO5S/c1-20-13-8-11(9-14(21-2)15(13)17)10-16-22(18,19)12-6-4-3-5-7-12/h3-10,17H,1-2H3/b16-10+. The molecule has 0 saturated heterocycles. The molecule has 0 spiro atoms. The van der Waals surface area contributed by atoms with E-state index in [1.54, 1.807) is 18.2 Å². The van der Waals surface area contributed by atoms with Crippen LogP contribution in [0.1, 0.15) is 5.56 Å². The Hall–Kier alpha value is -2.54. The fourth-order valence-electron chi connectivity index (χ4n) is 1.77. The number of hydrogen-bond acceptors (Lipinski definition) is 5. The molecule has 0 aliphatic rings. The molecule has 116 valence electrons. The second-order valence-electron chi connectivity index (χ2n) is 4.30. The van der Waals surface area contributed by atoms with Crippen molar-refractivity contribution in [3.63, 3.8) is 0 Å². The Kier molecular flexibility index (Phi) is 4.67. The highest BCUT2D eigenvalue weighted by atomic mass is 32.2. The zero-order valence-corrected chi connectivity index (χ0v) is 12.9. The van der Waals surface area contributed by atoms with Gasteiger partial charge in [0.25, 0.3) is 10.0 Å². The van der Waals surface area contributed by atoms with E-state index in [-0.39, 0.29) is 22.1 Å². The Morgan fingerprint density at radius 3 is 2.09 bits per heavy atom. The minimum Gasteiger partial charge on any atom is -0.502 e. The van der Waals surface area contributed by atoms with Crippen LogP contribution in [-0.2, 0) is 10.0 Å². The molecular formula is C15H15NO5S. The number of sulfonamides is 1. The number of hydrogen-bond donors (Lipinski definition) is 1. The quantitative estimate of drug-likeness (QED) is 0.854. The van der Waals surface area contributed by atoms with Crippen molar-refractivity contribution >= 4 is 16.2 Å². The Balaban J connectivity index is 2.38. The van der Waals surface area contributed by atoms with Gasteiger partial charge in [-0.1, -0.05) is 18.2 Å². The molecule has 0 radical (unpaired) electrons. The Morgan fingerprint density at radius 1 is 1.05 bits per heavy atom. The molecule has 0 atom stereocenters. The highest BCUT2D eigenvalue weighted by Gasteiger charge is 2.13. The van der Waals surface area contributed by atoms with E-state index in [0.717, 1.165) is 0 Å². The molecule has 0 bridgehead atoms. The summed E-state index contributed by atoms with van der Waals surface area (Å²) < 4.78 is 37.8. The van der Waals surface area contributed by atoms with E-state index in [2.05, 4.69) is 4.40 Å². The van der Waals surface area contributed by atoms with Gasteiger partial charge in [0.15, 0.2) is 11.5 Å². The lowest BCUT2D eigenvalue weighted by Gasteiger charge is -2.09. The van der Waals surface area contributed by atoms with Gasteiger partial charge in [-0.15, -0.1) is 0 Å². The third kappa shape index (κ3) is 3.37. The molecule has 0 heterocycles. The lowest BCUT2D eigenvalue weighted by molar-refractivity contribution is 0.340. The lowest BCUT2D eigenvalue weighted by Crippen LogP contribution is -1.98. The second kappa shape index (κ2) is 6.48. The van der Waals surface area contributed by atoms with Crippen LogP contribution in [0.2, 0.25) is 0 Å². The first-order valence-electron chi connectivity index (χ1n) is 6.28. The average Bonchev–Trinajstić information content (AvgIpc) is 2.54.